The maximum absolute atomic E-state index is 13.4. The number of benzene rings is 1. The van der Waals surface area contributed by atoms with Gasteiger partial charge in [-0.3, -0.25) is 9.59 Å². The summed E-state index contributed by atoms with van der Waals surface area (Å²) in [6.07, 6.45) is 2.99. The minimum Gasteiger partial charge on any atom is -0.381 e. The fourth-order valence-electron chi connectivity index (χ4n) is 4.14. The SMILES string of the molecule is Cc1ccccc1CC(=O)N1CCN(C(=O)C2(n3cnnn3)CCOCC2)CC1. The van der Waals surface area contributed by atoms with Crippen molar-refractivity contribution < 1.29 is 14.3 Å². The third kappa shape index (κ3) is 3.87. The van der Waals surface area contributed by atoms with Crippen LogP contribution in [0.5, 0.6) is 0 Å². The standard InChI is InChI=1S/C20H26N6O3/c1-16-4-2-3-5-17(16)14-18(27)24-8-10-25(11-9-24)19(28)20(6-12-29-13-7-20)26-15-21-22-23-26/h2-5,15H,6-14H2,1H3. The molecule has 0 aliphatic carbocycles. The third-order valence-electron chi connectivity index (χ3n) is 6.03. The Morgan fingerprint density at radius 2 is 1.76 bits per heavy atom. The monoisotopic (exact) mass is 398 g/mol. The second-order valence-corrected chi connectivity index (χ2v) is 7.67. The van der Waals surface area contributed by atoms with Gasteiger partial charge < -0.3 is 14.5 Å². The van der Waals surface area contributed by atoms with E-state index in [1.807, 2.05) is 41.0 Å². The van der Waals surface area contributed by atoms with Crippen molar-refractivity contribution in [1.29, 1.82) is 0 Å². The highest BCUT2D eigenvalue weighted by Crippen LogP contribution is 2.31. The lowest BCUT2D eigenvalue weighted by atomic mass is 9.88. The minimum absolute atomic E-state index is 0.0131. The first kappa shape index (κ1) is 19.5. The maximum Gasteiger partial charge on any atom is 0.251 e. The maximum atomic E-state index is 13.4. The number of aryl methyl sites for hydroxylation is 1. The molecule has 2 amide bonds. The van der Waals surface area contributed by atoms with Gasteiger partial charge in [0, 0.05) is 52.2 Å². The Morgan fingerprint density at radius 3 is 2.41 bits per heavy atom. The summed E-state index contributed by atoms with van der Waals surface area (Å²) in [6, 6.07) is 7.95. The summed E-state index contributed by atoms with van der Waals surface area (Å²) >= 11 is 0. The lowest BCUT2D eigenvalue weighted by Crippen LogP contribution is -2.59. The fourth-order valence-corrected chi connectivity index (χ4v) is 4.14. The van der Waals surface area contributed by atoms with Crippen LogP contribution < -0.4 is 0 Å². The molecule has 1 aromatic carbocycles. The van der Waals surface area contributed by atoms with E-state index in [0.29, 0.717) is 58.7 Å². The lowest BCUT2D eigenvalue weighted by molar-refractivity contribution is -0.151. The average molecular weight is 398 g/mol. The van der Waals surface area contributed by atoms with Gasteiger partial charge in [-0.05, 0) is 28.5 Å². The summed E-state index contributed by atoms with van der Waals surface area (Å²) in [7, 11) is 0. The number of carbonyl (C=O) groups is 2. The zero-order valence-electron chi connectivity index (χ0n) is 16.7. The Hall–Kier alpha value is -2.81. The molecule has 9 heteroatoms. The molecular weight excluding hydrogens is 372 g/mol. The normalized spacial score (nSPS) is 19.2. The van der Waals surface area contributed by atoms with E-state index in [0.717, 1.165) is 11.1 Å². The molecule has 0 saturated carbocycles. The molecule has 0 radical (unpaired) electrons. The Balaban J connectivity index is 1.40. The molecule has 0 N–H and O–H groups in total. The lowest BCUT2D eigenvalue weighted by Gasteiger charge is -2.42. The van der Waals surface area contributed by atoms with Crippen LogP contribution in [0.3, 0.4) is 0 Å². The number of rotatable bonds is 4. The van der Waals surface area contributed by atoms with Crippen LogP contribution in [0.15, 0.2) is 30.6 Å². The summed E-state index contributed by atoms with van der Waals surface area (Å²) in [5.74, 6) is 0.117. The van der Waals surface area contributed by atoms with Crippen molar-refractivity contribution in [2.45, 2.75) is 31.7 Å². The van der Waals surface area contributed by atoms with Crippen LogP contribution in [0.4, 0.5) is 0 Å². The summed E-state index contributed by atoms with van der Waals surface area (Å²) in [5.41, 5.74) is 1.38. The van der Waals surface area contributed by atoms with Gasteiger partial charge in [0.15, 0.2) is 0 Å². The van der Waals surface area contributed by atoms with E-state index < -0.39 is 5.54 Å². The van der Waals surface area contributed by atoms with Gasteiger partial charge in [-0.1, -0.05) is 24.3 Å². The number of aromatic nitrogens is 4. The Kier molecular flexibility index (Phi) is 5.57. The number of hydrogen-bond acceptors (Lipinski definition) is 6. The Bertz CT molecular complexity index is 855. The van der Waals surface area contributed by atoms with E-state index in [1.165, 1.54) is 6.33 Å². The van der Waals surface area contributed by atoms with Gasteiger partial charge in [0.1, 0.15) is 11.9 Å². The van der Waals surface area contributed by atoms with E-state index in [-0.39, 0.29) is 11.8 Å². The highest BCUT2D eigenvalue weighted by atomic mass is 16.5. The van der Waals surface area contributed by atoms with Crippen molar-refractivity contribution in [1.82, 2.24) is 30.0 Å². The van der Waals surface area contributed by atoms with Crippen molar-refractivity contribution >= 4 is 11.8 Å². The molecule has 2 aromatic rings. The number of tetrazole rings is 1. The molecule has 0 spiro atoms. The van der Waals surface area contributed by atoms with Crippen molar-refractivity contribution in [3.05, 3.63) is 41.7 Å². The van der Waals surface area contributed by atoms with E-state index in [4.69, 9.17) is 4.74 Å². The van der Waals surface area contributed by atoms with Crippen molar-refractivity contribution in [3.63, 3.8) is 0 Å². The highest BCUT2D eigenvalue weighted by molar-refractivity contribution is 5.85. The van der Waals surface area contributed by atoms with Crippen molar-refractivity contribution in [2.24, 2.45) is 0 Å². The molecule has 2 aliphatic rings. The number of ether oxygens (including phenoxy) is 1. The largest absolute Gasteiger partial charge is 0.381 e. The van der Waals surface area contributed by atoms with Crippen LogP contribution in [-0.4, -0.2) is 81.2 Å². The van der Waals surface area contributed by atoms with Crippen LogP contribution in [0.1, 0.15) is 24.0 Å². The average Bonchev–Trinajstić information content (AvgIpc) is 3.31. The molecule has 4 rings (SSSR count). The number of amides is 2. The molecule has 2 saturated heterocycles. The van der Waals surface area contributed by atoms with Crippen LogP contribution in [-0.2, 0) is 26.3 Å². The first-order valence-electron chi connectivity index (χ1n) is 10.0. The van der Waals surface area contributed by atoms with Crippen molar-refractivity contribution in [2.75, 3.05) is 39.4 Å². The smallest absolute Gasteiger partial charge is 0.251 e. The van der Waals surface area contributed by atoms with Crippen LogP contribution in [0.2, 0.25) is 0 Å². The third-order valence-corrected chi connectivity index (χ3v) is 6.03. The number of hydrogen-bond donors (Lipinski definition) is 0. The second-order valence-electron chi connectivity index (χ2n) is 7.67. The van der Waals surface area contributed by atoms with E-state index in [1.54, 1.807) is 4.68 Å². The molecule has 3 heterocycles. The Labute approximate surface area is 169 Å². The van der Waals surface area contributed by atoms with E-state index in [2.05, 4.69) is 15.5 Å². The molecule has 0 atom stereocenters. The van der Waals surface area contributed by atoms with E-state index in [9.17, 15) is 9.59 Å². The molecule has 9 nitrogen and oxygen atoms in total. The molecular formula is C20H26N6O3. The summed E-state index contributed by atoms with van der Waals surface area (Å²) in [6.45, 7) is 5.13. The van der Waals surface area contributed by atoms with Gasteiger partial charge in [0.05, 0.1) is 6.42 Å². The predicted octanol–water partition coefficient (Wildman–Crippen LogP) is 0.401. The van der Waals surface area contributed by atoms with Crippen LogP contribution in [0.25, 0.3) is 0 Å². The fraction of sp³-hybridized carbons (Fsp3) is 0.550. The van der Waals surface area contributed by atoms with Gasteiger partial charge in [-0.25, -0.2) is 4.68 Å². The number of nitrogens with zero attached hydrogens (tertiary/aromatic N) is 6. The Morgan fingerprint density at radius 1 is 1.07 bits per heavy atom. The number of piperazine rings is 1. The molecule has 2 fully saturated rings. The van der Waals surface area contributed by atoms with Gasteiger partial charge in [-0.2, -0.15) is 0 Å². The molecule has 1 aromatic heterocycles. The first-order chi connectivity index (χ1) is 14.1. The second kappa shape index (κ2) is 8.28. The van der Waals surface area contributed by atoms with Crippen LogP contribution >= 0.6 is 0 Å². The summed E-state index contributed by atoms with van der Waals surface area (Å²) in [5, 5.41) is 11.5. The zero-order valence-corrected chi connectivity index (χ0v) is 16.7. The highest BCUT2D eigenvalue weighted by Gasteiger charge is 2.46. The van der Waals surface area contributed by atoms with Crippen LogP contribution in [0, 0.1) is 6.92 Å². The molecule has 29 heavy (non-hydrogen) atoms. The molecule has 0 unspecified atom stereocenters. The van der Waals surface area contributed by atoms with E-state index >= 15 is 0 Å². The summed E-state index contributed by atoms with van der Waals surface area (Å²) in [4.78, 5) is 29.8. The number of carbonyl (C=O) groups excluding carboxylic acids is 2. The van der Waals surface area contributed by atoms with Gasteiger partial charge in [-0.15, -0.1) is 5.10 Å². The first-order valence-corrected chi connectivity index (χ1v) is 10.0. The molecule has 0 bridgehead atoms. The minimum atomic E-state index is -0.797. The predicted molar refractivity (Wildman–Crippen MR) is 104 cm³/mol. The molecule has 154 valence electrons. The van der Waals surface area contributed by atoms with Gasteiger partial charge >= 0.3 is 0 Å². The van der Waals surface area contributed by atoms with Gasteiger partial charge in [0.25, 0.3) is 5.91 Å². The topological polar surface area (TPSA) is 93.5 Å². The quantitative estimate of drug-likeness (QED) is 0.740. The summed E-state index contributed by atoms with van der Waals surface area (Å²) < 4.78 is 7.05. The van der Waals surface area contributed by atoms with Crippen molar-refractivity contribution in [3.8, 4) is 0 Å². The zero-order chi connectivity index (χ0) is 20.3. The molecule has 2 aliphatic heterocycles. The van der Waals surface area contributed by atoms with Gasteiger partial charge in [0.2, 0.25) is 5.91 Å².